The van der Waals surface area contributed by atoms with Crippen molar-refractivity contribution >= 4 is 23.2 Å². The smallest absolute Gasteiger partial charge is 0.176 e. The first kappa shape index (κ1) is 12.6. The average molecular weight is 258 g/mol. The Hall–Kier alpha value is -1.81. The van der Waals surface area contributed by atoms with E-state index in [9.17, 15) is 4.79 Å². The lowest BCUT2D eigenvalue weighted by molar-refractivity contribution is 0.102. The number of aromatic nitrogens is 1. The third-order valence-electron chi connectivity index (χ3n) is 2.55. The molecule has 0 bridgehead atoms. The largest absolute Gasteiger partial charge is 0.398 e. The van der Waals surface area contributed by atoms with Gasteiger partial charge in [0.05, 0.1) is 11.3 Å². The van der Waals surface area contributed by atoms with Crippen LogP contribution in [0.4, 0.5) is 5.69 Å². The number of hydrogen-bond donors (Lipinski definition) is 1. The van der Waals surface area contributed by atoms with E-state index in [-0.39, 0.29) is 5.78 Å². The highest BCUT2D eigenvalue weighted by molar-refractivity contribution is 8.00. The molecule has 0 spiro atoms. The quantitative estimate of drug-likeness (QED) is 0.676. The second-order valence-electron chi connectivity index (χ2n) is 3.99. The maximum Gasteiger partial charge on any atom is 0.176 e. The fourth-order valence-electron chi connectivity index (χ4n) is 1.50. The number of pyridine rings is 1. The van der Waals surface area contributed by atoms with E-state index in [1.807, 2.05) is 31.2 Å². The first-order valence-electron chi connectivity index (χ1n) is 5.59. The summed E-state index contributed by atoms with van der Waals surface area (Å²) in [5, 5.41) is 0. The number of thioether (sulfide) groups is 1. The van der Waals surface area contributed by atoms with E-state index in [4.69, 9.17) is 5.73 Å². The summed E-state index contributed by atoms with van der Waals surface area (Å²) in [6.07, 6.45) is 3.10. The van der Waals surface area contributed by atoms with Crippen LogP contribution in [0.25, 0.3) is 0 Å². The highest BCUT2D eigenvalue weighted by atomic mass is 32.2. The lowest BCUT2D eigenvalue weighted by Crippen LogP contribution is -2.06. The van der Waals surface area contributed by atoms with Gasteiger partial charge >= 0.3 is 0 Å². The Labute approximate surface area is 110 Å². The number of nitrogens with zero attached hydrogens (tertiary/aromatic N) is 1. The van der Waals surface area contributed by atoms with Crippen LogP contribution in [0, 0.1) is 6.92 Å². The van der Waals surface area contributed by atoms with Crippen LogP contribution >= 0.6 is 11.8 Å². The molecule has 0 radical (unpaired) electrons. The molecule has 2 rings (SSSR count). The minimum Gasteiger partial charge on any atom is -0.398 e. The number of carbonyl (C=O) groups is 1. The maximum atomic E-state index is 12.0. The second-order valence-corrected chi connectivity index (χ2v) is 5.04. The van der Waals surface area contributed by atoms with Gasteiger partial charge in [0, 0.05) is 23.0 Å². The molecule has 0 atom stereocenters. The topological polar surface area (TPSA) is 56.0 Å². The minimum atomic E-state index is 0.00572. The number of anilines is 1. The molecule has 2 aromatic rings. The van der Waals surface area contributed by atoms with E-state index >= 15 is 0 Å². The Kier molecular flexibility index (Phi) is 3.99. The normalized spacial score (nSPS) is 10.3. The third kappa shape index (κ3) is 3.11. The standard InChI is InChI=1S/C14H14N2OS/c1-10-2-4-11(5-3-10)18-9-14(17)12-8-16-7-6-13(12)15/h2-8H,9H2,1H3,(H2,15,16). The fourth-order valence-corrected chi connectivity index (χ4v) is 2.28. The molecule has 0 saturated carbocycles. The number of carbonyl (C=O) groups excluding carboxylic acids is 1. The molecule has 1 heterocycles. The van der Waals surface area contributed by atoms with E-state index in [1.165, 1.54) is 23.5 Å². The van der Waals surface area contributed by atoms with Gasteiger partial charge in [-0.3, -0.25) is 9.78 Å². The van der Waals surface area contributed by atoms with E-state index in [0.29, 0.717) is 17.0 Å². The summed E-state index contributed by atoms with van der Waals surface area (Å²) < 4.78 is 0. The highest BCUT2D eigenvalue weighted by Crippen LogP contribution is 2.20. The van der Waals surface area contributed by atoms with Gasteiger partial charge in [0.2, 0.25) is 0 Å². The van der Waals surface area contributed by atoms with Crippen molar-refractivity contribution in [2.24, 2.45) is 0 Å². The Bertz CT molecular complexity index is 552. The molecule has 18 heavy (non-hydrogen) atoms. The van der Waals surface area contributed by atoms with Gasteiger partial charge in [-0.2, -0.15) is 0 Å². The van der Waals surface area contributed by atoms with Gasteiger partial charge in [-0.15, -0.1) is 11.8 Å². The third-order valence-corrected chi connectivity index (χ3v) is 3.56. The van der Waals surface area contributed by atoms with Gasteiger partial charge in [-0.25, -0.2) is 0 Å². The monoisotopic (exact) mass is 258 g/mol. The van der Waals surface area contributed by atoms with Gasteiger partial charge in [-0.05, 0) is 25.1 Å². The number of benzene rings is 1. The van der Waals surface area contributed by atoms with Crippen molar-refractivity contribution in [3.63, 3.8) is 0 Å². The fraction of sp³-hybridized carbons (Fsp3) is 0.143. The van der Waals surface area contributed by atoms with Gasteiger partial charge in [0.25, 0.3) is 0 Å². The van der Waals surface area contributed by atoms with Crippen molar-refractivity contribution in [1.82, 2.24) is 4.98 Å². The molecule has 0 aliphatic carbocycles. The Morgan fingerprint density at radius 1 is 1.28 bits per heavy atom. The molecule has 0 saturated heterocycles. The molecule has 2 N–H and O–H groups in total. The van der Waals surface area contributed by atoms with E-state index in [2.05, 4.69) is 4.98 Å². The Balaban J connectivity index is 2.01. The second kappa shape index (κ2) is 5.69. The van der Waals surface area contributed by atoms with Crippen molar-refractivity contribution < 1.29 is 4.79 Å². The molecule has 0 aliphatic rings. The number of Topliss-reactive ketones (excluding diaryl/α,β-unsaturated/α-hetero) is 1. The van der Waals surface area contributed by atoms with Crippen molar-refractivity contribution in [3.05, 3.63) is 53.9 Å². The van der Waals surface area contributed by atoms with Crippen LogP contribution in [0.2, 0.25) is 0 Å². The Morgan fingerprint density at radius 3 is 2.67 bits per heavy atom. The van der Waals surface area contributed by atoms with Crippen molar-refractivity contribution in [2.45, 2.75) is 11.8 Å². The molecule has 0 amide bonds. The summed E-state index contributed by atoms with van der Waals surface area (Å²) in [6.45, 7) is 2.04. The zero-order valence-corrected chi connectivity index (χ0v) is 10.9. The SMILES string of the molecule is Cc1ccc(SCC(=O)c2cnccc2N)cc1. The summed E-state index contributed by atoms with van der Waals surface area (Å²) in [4.78, 5) is 17.0. The minimum absolute atomic E-state index is 0.00572. The van der Waals surface area contributed by atoms with Crippen LogP contribution in [0.1, 0.15) is 15.9 Å². The summed E-state index contributed by atoms with van der Waals surface area (Å²) in [5.74, 6) is 0.380. The van der Waals surface area contributed by atoms with Crippen LogP contribution in [0.3, 0.4) is 0 Å². The summed E-state index contributed by atoms with van der Waals surface area (Å²) in [7, 11) is 0. The molecular formula is C14H14N2OS. The molecule has 0 unspecified atom stereocenters. The van der Waals surface area contributed by atoms with Crippen LogP contribution in [0.5, 0.6) is 0 Å². The molecule has 3 nitrogen and oxygen atoms in total. The summed E-state index contributed by atoms with van der Waals surface area (Å²) >= 11 is 1.51. The number of hydrogen-bond acceptors (Lipinski definition) is 4. The van der Waals surface area contributed by atoms with Gasteiger partial charge in [-0.1, -0.05) is 17.7 Å². The van der Waals surface area contributed by atoms with Crippen molar-refractivity contribution in [1.29, 1.82) is 0 Å². The van der Waals surface area contributed by atoms with Crippen LogP contribution in [-0.2, 0) is 0 Å². The van der Waals surface area contributed by atoms with E-state index in [1.54, 1.807) is 12.3 Å². The van der Waals surface area contributed by atoms with Gasteiger partial charge in [0.15, 0.2) is 5.78 Å². The molecule has 0 fully saturated rings. The molecule has 1 aromatic carbocycles. The van der Waals surface area contributed by atoms with Gasteiger partial charge < -0.3 is 5.73 Å². The van der Waals surface area contributed by atoms with E-state index < -0.39 is 0 Å². The lowest BCUT2D eigenvalue weighted by Gasteiger charge is -2.04. The number of rotatable bonds is 4. The summed E-state index contributed by atoms with van der Waals surface area (Å²) in [6, 6.07) is 9.74. The predicted molar refractivity (Wildman–Crippen MR) is 74.9 cm³/mol. The molecule has 0 aliphatic heterocycles. The zero-order chi connectivity index (χ0) is 13.0. The van der Waals surface area contributed by atoms with Crippen LogP contribution in [-0.4, -0.2) is 16.5 Å². The molecule has 92 valence electrons. The molecule has 4 heteroatoms. The molecular weight excluding hydrogens is 244 g/mol. The predicted octanol–water partition coefficient (Wildman–Crippen LogP) is 2.95. The Morgan fingerprint density at radius 2 is 2.00 bits per heavy atom. The zero-order valence-electron chi connectivity index (χ0n) is 10.1. The number of nitrogen functional groups attached to an aromatic ring is 1. The van der Waals surface area contributed by atoms with Gasteiger partial charge in [0.1, 0.15) is 0 Å². The first-order chi connectivity index (χ1) is 8.66. The van der Waals surface area contributed by atoms with Crippen LogP contribution in [0.15, 0.2) is 47.6 Å². The van der Waals surface area contributed by atoms with Crippen LogP contribution < -0.4 is 5.73 Å². The maximum absolute atomic E-state index is 12.0. The summed E-state index contributed by atoms with van der Waals surface area (Å²) in [5.41, 5.74) is 7.93. The lowest BCUT2D eigenvalue weighted by atomic mass is 10.2. The average Bonchev–Trinajstić information content (AvgIpc) is 2.38. The first-order valence-corrected chi connectivity index (χ1v) is 6.57. The number of nitrogens with two attached hydrogens (primary N) is 1. The van der Waals surface area contributed by atoms with E-state index in [0.717, 1.165) is 4.90 Å². The number of aryl methyl sites for hydroxylation is 1. The van der Waals surface area contributed by atoms with Crippen molar-refractivity contribution in [3.8, 4) is 0 Å². The molecule has 1 aromatic heterocycles. The van der Waals surface area contributed by atoms with Crippen molar-refractivity contribution in [2.75, 3.05) is 11.5 Å². The number of ketones is 1. The highest BCUT2D eigenvalue weighted by Gasteiger charge is 2.09.